The van der Waals surface area contributed by atoms with E-state index >= 15 is 0 Å². The third-order valence-corrected chi connectivity index (χ3v) is 3.78. The first kappa shape index (κ1) is 20.5. The number of rotatable bonds is 8. The number of allylic oxidation sites excluding steroid dienone is 7. The van der Waals surface area contributed by atoms with E-state index in [4.69, 9.17) is 0 Å². The van der Waals surface area contributed by atoms with Gasteiger partial charge in [-0.25, -0.2) is 0 Å². The molecule has 0 aliphatic rings. The van der Waals surface area contributed by atoms with Gasteiger partial charge >= 0.3 is 0 Å². The lowest BCUT2D eigenvalue weighted by Crippen LogP contribution is -2.17. The van der Waals surface area contributed by atoms with Crippen LogP contribution >= 0.6 is 0 Å². The summed E-state index contributed by atoms with van der Waals surface area (Å²) in [6.45, 7) is 21.6. The van der Waals surface area contributed by atoms with Crippen molar-refractivity contribution in [3.63, 3.8) is 0 Å². The van der Waals surface area contributed by atoms with E-state index in [1.165, 1.54) is 22.4 Å². The Morgan fingerprint density at radius 3 is 2.00 bits per heavy atom. The van der Waals surface area contributed by atoms with Gasteiger partial charge in [0, 0.05) is 17.6 Å². The van der Waals surface area contributed by atoms with Gasteiger partial charge in [0.15, 0.2) is 0 Å². The van der Waals surface area contributed by atoms with Gasteiger partial charge in [-0.3, -0.25) is 0 Å². The van der Waals surface area contributed by atoms with Gasteiger partial charge in [-0.2, -0.15) is 0 Å². The van der Waals surface area contributed by atoms with Crippen molar-refractivity contribution in [2.24, 2.45) is 5.92 Å². The molecule has 0 atom stereocenters. The van der Waals surface area contributed by atoms with Crippen molar-refractivity contribution in [3.8, 4) is 0 Å². The smallest absolute Gasteiger partial charge is 0.0435 e. The van der Waals surface area contributed by atoms with Crippen LogP contribution in [0.15, 0.2) is 59.1 Å². The molecule has 0 fully saturated rings. The summed E-state index contributed by atoms with van der Waals surface area (Å²) >= 11 is 0. The van der Waals surface area contributed by atoms with Gasteiger partial charge < -0.3 is 4.90 Å². The van der Waals surface area contributed by atoms with Gasteiger partial charge in [0.2, 0.25) is 0 Å². The molecule has 1 nitrogen and oxygen atoms in total. The van der Waals surface area contributed by atoms with Crippen LogP contribution in [-0.2, 0) is 0 Å². The minimum absolute atomic E-state index is 0.540. The van der Waals surface area contributed by atoms with Crippen LogP contribution in [0.4, 0.5) is 0 Å². The molecule has 0 heterocycles. The molecule has 0 aliphatic carbocycles. The van der Waals surface area contributed by atoms with Crippen molar-refractivity contribution in [1.29, 1.82) is 0 Å². The van der Waals surface area contributed by atoms with E-state index in [1.54, 1.807) is 0 Å². The van der Waals surface area contributed by atoms with Crippen LogP contribution < -0.4 is 0 Å². The van der Waals surface area contributed by atoms with Crippen molar-refractivity contribution in [2.75, 3.05) is 0 Å². The molecule has 22 heavy (non-hydrogen) atoms. The standard InChI is InChI=1S/C21H35N/c1-10-13-20(9)22(15-19(8)17(6)11-2)21(12-3)18(7)14-16(4)5/h11-12,14-16H,9-10,13H2,1-8H3/b17-11+,18-14-,19-15+,21-12+. The third kappa shape index (κ3) is 6.51. The number of hydrogen-bond acceptors (Lipinski definition) is 1. The largest absolute Gasteiger partial charge is 0.321 e. The van der Waals surface area contributed by atoms with Crippen molar-refractivity contribution in [1.82, 2.24) is 4.90 Å². The van der Waals surface area contributed by atoms with Crippen LogP contribution in [0.25, 0.3) is 0 Å². The van der Waals surface area contributed by atoms with Crippen molar-refractivity contribution >= 4 is 0 Å². The summed E-state index contributed by atoms with van der Waals surface area (Å²) in [4.78, 5) is 2.26. The third-order valence-electron chi connectivity index (χ3n) is 3.78. The molecule has 0 aromatic heterocycles. The zero-order chi connectivity index (χ0) is 17.3. The molecule has 0 aromatic rings. The Kier molecular flexibility index (Phi) is 9.56. The minimum atomic E-state index is 0.540. The predicted octanol–water partition coefficient (Wildman–Crippen LogP) is 6.98. The predicted molar refractivity (Wildman–Crippen MR) is 101 cm³/mol. The highest BCUT2D eigenvalue weighted by molar-refractivity contribution is 5.36. The lowest BCUT2D eigenvalue weighted by atomic mass is 10.0. The molecule has 0 aromatic carbocycles. The van der Waals surface area contributed by atoms with Crippen LogP contribution in [0.1, 0.15) is 68.2 Å². The topological polar surface area (TPSA) is 3.24 Å². The Balaban J connectivity index is 5.81. The lowest BCUT2D eigenvalue weighted by Gasteiger charge is -2.28. The molecular weight excluding hydrogens is 266 g/mol. The highest BCUT2D eigenvalue weighted by atomic mass is 15.1. The van der Waals surface area contributed by atoms with Crippen molar-refractivity contribution in [2.45, 2.75) is 68.2 Å². The highest BCUT2D eigenvalue weighted by Crippen LogP contribution is 2.25. The molecule has 0 unspecified atom stereocenters. The fraction of sp³-hybridized carbons (Fsp3) is 0.524. The van der Waals surface area contributed by atoms with E-state index < -0.39 is 0 Å². The van der Waals surface area contributed by atoms with E-state index in [-0.39, 0.29) is 0 Å². The van der Waals surface area contributed by atoms with Crippen LogP contribution in [0.5, 0.6) is 0 Å². The zero-order valence-corrected chi connectivity index (χ0v) is 16.0. The van der Waals surface area contributed by atoms with Gasteiger partial charge in [0.1, 0.15) is 0 Å². The molecule has 124 valence electrons. The maximum Gasteiger partial charge on any atom is 0.0435 e. The molecule has 0 spiro atoms. The molecule has 0 N–H and O–H groups in total. The number of nitrogens with zero attached hydrogens (tertiary/aromatic N) is 1. The van der Waals surface area contributed by atoms with Gasteiger partial charge in [0.25, 0.3) is 0 Å². The minimum Gasteiger partial charge on any atom is -0.321 e. The normalized spacial score (nSPS) is 14.6. The summed E-state index contributed by atoms with van der Waals surface area (Å²) in [6, 6.07) is 0. The van der Waals surface area contributed by atoms with E-state index in [2.05, 4.69) is 91.3 Å². The summed E-state index contributed by atoms with van der Waals surface area (Å²) in [5.41, 5.74) is 6.26. The average Bonchev–Trinajstić information content (AvgIpc) is 2.45. The molecule has 0 saturated heterocycles. The molecule has 1 heteroatoms. The fourth-order valence-corrected chi connectivity index (χ4v) is 2.41. The average molecular weight is 302 g/mol. The Labute approximate surface area is 138 Å². The van der Waals surface area contributed by atoms with E-state index in [0.29, 0.717) is 5.92 Å². The maximum absolute atomic E-state index is 4.31. The van der Waals surface area contributed by atoms with Gasteiger partial charge in [-0.05, 0) is 58.1 Å². The molecule has 0 rings (SSSR count). The second kappa shape index (κ2) is 10.3. The maximum atomic E-state index is 4.31. The van der Waals surface area contributed by atoms with Crippen LogP contribution in [0.3, 0.4) is 0 Å². The van der Waals surface area contributed by atoms with E-state index in [1.807, 2.05) is 0 Å². The Bertz CT molecular complexity index is 484. The molecule has 0 saturated carbocycles. The zero-order valence-electron chi connectivity index (χ0n) is 16.0. The Morgan fingerprint density at radius 2 is 1.59 bits per heavy atom. The van der Waals surface area contributed by atoms with Gasteiger partial charge in [-0.15, -0.1) is 0 Å². The molecule has 0 amide bonds. The summed E-state index contributed by atoms with van der Waals surface area (Å²) in [7, 11) is 0. The van der Waals surface area contributed by atoms with Gasteiger partial charge in [-0.1, -0.05) is 57.6 Å². The van der Waals surface area contributed by atoms with Gasteiger partial charge in [0.05, 0.1) is 0 Å². The second-order valence-corrected chi connectivity index (χ2v) is 6.24. The first-order valence-electron chi connectivity index (χ1n) is 8.42. The summed E-state index contributed by atoms with van der Waals surface area (Å²) in [6.07, 6.45) is 11.0. The van der Waals surface area contributed by atoms with Crippen molar-refractivity contribution in [3.05, 3.63) is 59.1 Å². The van der Waals surface area contributed by atoms with Crippen LogP contribution in [0.2, 0.25) is 0 Å². The quantitative estimate of drug-likeness (QED) is 0.437. The molecule has 0 bridgehead atoms. The SMILES string of the molecule is C=C(CCC)N(/C=C(C)/C(C)=C/C)C(=C/C)/C(C)=C\C(C)C. The van der Waals surface area contributed by atoms with Crippen LogP contribution in [0, 0.1) is 5.92 Å². The number of hydrogen-bond donors (Lipinski definition) is 0. The Morgan fingerprint density at radius 1 is 1.00 bits per heavy atom. The summed E-state index contributed by atoms with van der Waals surface area (Å²) in [5.74, 6) is 0.540. The second-order valence-electron chi connectivity index (χ2n) is 6.24. The first-order chi connectivity index (χ1) is 10.3. The summed E-state index contributed by atoms with van der Waals surface area (Å²) in [5, 5.41) is 0. The molecule has 0 aliphatic heterocycles. The van der Waals surface area contributed by atoms with Crippen molar-refractivity contribution < 1.29 is 0 Å². The molecular formula is C21H35N. The summed E-state index contributed by atoms with van der Waals surface area (Å²) < 4.78 is 0. The van der Waals surface area contributed by atoms with E-state index in [0.717, 1.165) is 18.5 Å². The fourth-order valence-electron chi connectivity index (χ4n) is 2.41. The molecule has 0 radical (unpaired) electrons. The first-order valence-corrected chi connectivity index (χ1v) is 8.42. The lowest BCUT2D eigenvalue weighted by molar-refractivity contribution is 0.544. The van der Waals surface area contributed by atoms with Crippen LogP contribution in [-0.4, -0.2) is 4.90 Å². The highest BCUT2D eigenvalue weighted by Gasteiger charge is 2.12. The van der Waals surface area contributed by atoms with E-state index in [9.17, 15) is 0 Å². The Hall–Kier alpha value is -1.50. The monoisotopic (exact) mass is 301 g/mol.